The van der Waals surface area contributed by atoms with Crippen LogP contribution in [0.2, 0.25) is 0 Å². The first-order valence-corrected chi connectivity index (χ1v) is 37.8. The van der Waals surface area contributed by atoms with Gasteiger partial charge in [0.25, 0.3) is 5.91 Å². The first kappa shape index (κ1) is 96.0. The summed E-state index contributed by atoms with van der Waals surface area (Å²) in [6.45, 7) is 34.4. The van der Waals surface area contributed by atoms with Crippen LogP contribution in [0.3, 0.4) is 0 Å². The van der Waals surface area contributed by atoms with Gasteiger partial charge < -0.3 is 22.1 Å². The summed E-state index contributed by atoms with van der Waals surface area (Å²) in [5.41, 5.74) is 15.4. The molecule has 0 spiro atoms. The number of hydrogen-bond donors (Lipinski definition) is 5. The molecular formula is C70H107BBrClFN14O8S3. The van der Waals surface area contributed by atoms with E-state index in [1.54, 1.807) is 55.5 Å². The first-order chi connectivity index (χ1) is 47.8. The molecule has 2 amide bonds. The number of piperazine rings is 2. The number of aryl methyl sites for hydroxylation is 1. The maximum atomic E-state index is 11.6. The zero-order chi connectivity index (χ0) is 77.2. The number of carbonyl (C=O) groups is 4. The maximum absolute atomic E-state index is 11.6. The zero-order valence-corrected chi connectivity index (χ0v) is 65.5. The van der Waals surface area contributed by atoms with E-state index in [0.29, 0.717) is 68.2 Å². The number of nitrogen functional groups attached to an aromatic ring is 1. The molecule has 0 aliphatic carbocycles. The molecule has 0 saturated carbocycles. The fraction of sp³-hybridized carbons (Fsp3) is 0.429. The number of aromatic nitrogens is 6. The van der Waals surface area contributed by atoms with Crippen LogP contribution in [0.5, 0.6) is 0 Å². The van der Waals surface area contributed by atoms with Crippen molar-refractivity contribution in [3.05, 3.63) is 169 Å². The van der Waals surface area contributed by atoms with Gasteiger partial charge in [-0.1, -0.05) is 178 Å². The van der Waals surface area contributed by atoms with E-state index in [1.165, 1.54) is 28.0 Å². The van der Waals surface area contributed by atoms with Gasteiger partial charge in [0, 0.05) is 118 Å². The molecule has 22 nitrogen and oxygen atoms in total. The van der Waals surface area contributed by atoms with Gasteiger partial charge in [0.1, 0.15) is 17.5 Å². The van der Waals surface area contributed by atoms with Gasteiger partial charge in [-0.3, -0.25) is 28.5 Å². The quantitative estimate of drug-likeness (QED) is 0.0212. The molecule has 2 unspecified atom stereocenters. The third-order valence-electron chi connectivity index (χ3n) is 12.3. The second-order valence-electron chi connectivity index (χ2n) is 18.8. The van der Waals surface area contributed by atoms with E-state index in [9.17, 15) is 40.4 Å². The summed E-state index contributed by atoms with van der Waals surface area (Å²) in [5, 5.41) is 8.54. The molecule has 2 atom stereocenters. The van der Waals surface area contributed by atoms with Gasteiger partial charge in [0.15, 0.2) is 6.29 Å². The van der Waals surface area contributed by atoms with E-state index < -0.39 is 33.1 Å². The van der Waals surface area contributed by atoms with E-state index >= 15 is 0 Å². The van der Waals surface area contributed by atoms with Crippen LogP contribution in [0.25, 0.3) is 32.7 Å². The van der Waals surface area contributed by atoms with Crippen molar-refractivity contribution in [2.45, 2.75) is 128 Å². The van der Waals surface area contributed by atoms with Gasteiger partial charge in [0.05, 0.1) is 59.7 Å². The van der Waals surface area contributed by atoms with Crippen LogP contribution in [0, 0.1) is 0 Å². The molecule has 1 radical (unpaired) electrons. The van der Waals surface area contributed by atoms with Crippen LogP contribution in [0.15, 0.2) is 144 Å². The zero-order valence-electron chi connectivity index (χ0n) is 61.7. The van der Waals surface area contributed by atoms with Gasteiger partial charge in [0.2, 0.25) is 31.2 Å². The standard InChI is InChI=1S/C15H20N4O2S.C10H9BrN2.C10H12N2O2.C10H10N2.C7H7NO.C5H12N2O2S.C2H3ClO.5C2H6.CH3F.BHNS/c1-12(18-7-9-19(10-8-18)22(2,20)21)15-16-11-13-5-3-4-6-14(13)17-15;1-7(11)10-12-6-8-4-2-3-5-9(8)13-10;1-2-9(13)12-8-6-4-3-5-7(8)10(11)14;1-2-10-11-7-8-5-3-4-6-9(8)12-10;8-7-4-2-1-3-6(7)5-9;1-10(8,9)7-4-2-6-3-5-7;1-2(3)4;6*1-2;1-2-3/h3-6,11-12H,7-10H2,1-2H3;2-7H,1H3;3-6H,2H2,1H3,(H2,11,14)(H,12,13);3-7H,2H2,1H3;1-5H,8H2;6H,2-5H2,1H3;1H3;5*1-2H3;1H3;3H/i;;;;;;;;;;;;1D;. The number of halogens is 3. The van der Waals surface area contributed by atoms with Crippen molar-refractivity contribution < 1.29 is 41.8 Å². The summed E-state index contributed by atoms with van der Waals surface area (Å²) in [6, 6.07) is 37.6. The van der Waals surface area contributed by atoms with Gasteiger partial charge >= 0.3 is 24.8 Å². The third kappa shape index (κ3) is 41.9. The Bertz CT molecular complexity index is 3760. The van der Waals surface area contributed by atoms with Crippen molar-refractivity contribution in [2.75, 3.05) is 83.1 Å². The summed E-state index contributed by atoms with van der Waals surface area (Å²) in [5.74, 6) is 1.84. The van der Waals surface area contributed by atoms with Crippen LogP contribution >= 0.6 is 40.3 Å². The molecule has 2 aliphatic heterocycles. The molecule has 5 aromatic carbocycles. The second-order valence-corrected chi connectivity index (χ2v) is 24.9. The van der Waals surface area contributed by atoms with Crippen LogP contribution in [0.4, 0.5) is 15.8 Å². The fourth-order valence-electron chi connectivity index (χ4n) is 7.77. The summed E-state index contributed by atoms with van der Waals surface area (Å²) in [6.07, 6.45) is 10.1. The molecule has 10 rings (SSSR count). The van der Waals surface area contributed by atoms with Crippen molar-refractivity contribution in [1.82, 2.24) is 48.7 Å². The SMILES string of the molecule is CC.CC.CC.CC.CC.CC(=O)Cl.CC(Br)c1ncc2ccccc2n1.CC(c1ncc2ccccc2n1)N1CCN(S(C)(=O)=O)CC1.CCC(=O)Nc1ccccc1C(N)=O.CCc1ncc2ccccc2n1.CS(=O)(=O)N1CCNCC1.Nc1ccccc1C=O.[2H]CF.[B]=NS. The van der Waals surface area contributed by atoms with Crippen molar-refractivity contribution in [2.24, 2.45) is 10.0 Å². The van der Waals surface area contributed by atoms with E-state index in [-0.39, 0.29) is 22.0 Å². The number of primary amides is 1. The molecule has 29 heteroatoms. The predicted octanol–water partition coefficient (Wildman–Crippen LogP) is 14.3. The van der Waals surface area contributed by atoms with Crippen molar-refractivity contribution in [1.29, 1.82) is 0 Å². The average molecular weight is 1520 g/mol. The Morgan fingerprint density at radius 1 is 0.687 bits per heavy atom. The van der Waals surface area contributed by atoms with E-state index in [0.717, 1.165) is 76.0 Å². The molecule has 547 valence electrons. The summed E-state index contributed by atoms with van der Waals surface area (Å²) < 4.78 is 66.1. The molecule has 2 saturated heterocycles. The number of fused-ring (bicyclic) bond motifs is 3. The number of sulfonamides is 2. The minimum atomic E-state index is -3.09. The molecule has 3 aromatic heterocycles. The Morgan fingerprint density at radius 3 is 1.44 bits per heavy atom. The van der Waals surface area contributed by atoms with Gasteiger partial charge in [-0.2, -0.15) is 8.61 Å². The number of nitrogens with zero attached hydrogens (tertiary/aromatic N) is 10. The van der Waals surface area contributed by atoms with Crippen LogP contribution < -0.4 is 22.1 Å². The van der Waals surface area contributed by atoms with Gasteiger partial charge in [-0.15, -0.1) is 0 Å². The summed E-state index contributed by atoms with van der Waals surface area (Å²) in [7, 11) is -2.69. The average Bonchev–Trinajstić information content (AvgIpc) is 0.835. The molecule has 2 aliphatic rings. The Labute approximate surface area is 611 Å². The van der Waals surface area contributed by atoms with Crippen LogP contribution in [0.1, 0.15) is 161 Å². The van der Waals surface area contributed by atoms with Crippen LogP contribution in [-0.2, 0) is 36.1 Å². The first-order valence-electron chi connectivity index (χ1n) is 33.2. The van der Waals surface area contributed by atoms with Crippen molar-refractivity contribution >= 4 is 135 Å². The summed E-state index contributed by atoms with van der Waals surface area (Å²) >= 11 is 11.3. The fourth-order valence-corrected chi connectivity index (χ4v) is 9.67. The topological polar surface area (TPSA) is 312 Å². The number of amides is 2. The monoisotopic (exact) mass is 1510 g/mol. The number of benzene rings is 5. The van der Waals surface area contributed by atoms with Crippen molar-refractivity contribution in [3.63, 3.8) is 0 Å². The van der Waals surface area contributed by atoms with Gasteiger partial charge in [-0.25, -0.2) is 46.7 Å². The molecular weight excluding hydrogens is 1410 g/mol. The minimum absolute atomic E-state index is 0.0753. The number of carbonyl (C=O) groups excluding carboxylic acids is 4. The van der Waals surface area contributed by atoms with E-state index in [4.69, 9.17) is 12.8 Å². The number of thiol groups is 1. The van der Waals surface area contributed by atoms with Gasteiger partial charge in [-0.05, 0) is 67.9 Å². The number of rotatable bonds is 10. The number of para-hydroxylation sites is 5. The number of alkyl halides is 2. The Kier molecular flexibility index (Phi) is 57.9. The number of anilines is 2. The molecule has 2 fully saturated rings. The number of nitrogens with two attached hydrogens (primary N) is 2. The predicted molar refractivity (Wildman–Crippen MR) is 419 cm³/mol. The molecule has 0 bridgehead atoms. The molecule has 99 heavy (non-hydrogen) atoms. The van der Waals surface area contributed by atoms with Crippen LogP contribution in [-0.4, -0.2) is 163 Å². The van der Waals surface area contributed by atoms with E-state index in [1.807, 2.05) is 168 Å². The van der Waals surface area contributed by atoms with Crippen molar-refractivity contribution in [3.8, 4) is 0 Å². The normalized spacial score (nSPS) is 12.6. The number of aldehydes is 1. The molecule has 6 N–H and O–H groups in total. The third-order valence-corrected chi connectivity index (χ3v) is 15.4. The molecule has 5 heterocycles. The number of hydrogen-bond acceptors (Lipinski definition) is 19. The Morgan fingerprint density at radius 2 is 1.06 bits per heavy atom. The summed E-state index contributed by atoms with van der Waals surface area (Å²) in [4.78, 5) is 70.2. The number of nitrogens with one attached hydrogen (secondary N) is 2. The Balaban J connectivity index is -0.000000534. The Hall–Kier alpha value is -7.15. The molecule has 8 aromatic rings. The van der Waals surface area contributed by atoms with E-state index in [2.05, 4.69) is 112 Å². The second kappa shape index (κ2) is 59.7.